The lowest BCUT2D eigenvalue weighted by Gasteiger charge is -2.23. The van der Waals surface area contributed by atoms with Crippen molar-refractivity contribution in [3.05, 3.63) is 46.6 Å². The van der Waals surface area contributed by atoms with Gasteiger partial charge in [-0.05, 0) is 43.0 Å². The van der Waals surface area contributed by atoms with E-state index in [4.69, 9.17) is 0 Å². The summed E-state index contributed by atoms with van der Waals surface area (Å²) in [5, 5.41) is 2.00. The molecule has 214 valence electrons. The number of alkyl halides is 3. The second-order valence-corrected chi connectivity index (χ2v) is 11.0. The Kier molecular flexibility index (Phi) is 9.48. The molecule has 1 aromatic heterocycles. The van der Waals surface area contributed by atoms with Crippen LogP contribution in [0.15, 0.2) is 35.3 Å². The number of anilines is 1. The Morgan fingerprint density at radius 3 is 2.28 bits per heavy atom. The maximum absolute atomic E-state index is 13.5. The van der Waals surface area contributed by atoms with Crippen molar-refractivity contribution in [2.45, 2.75) is 70.8 Å². The van der Waals surface area contributed by atoms with Crippen molar-refractivity contribution < 1.29 is 35.6 Å². The van der Waals surface area contributed by atoms with Gasteiger partial charge in [-0.1, -0.05) is 33.1 Å². The van der Waals surface area contributed by atoms with Gasteiger partial charge in [-0.15, -0.1) is 0 Å². The van der Waals surface area contributed by atoms with Gasteiger partial charge in [0, 0.05) is 11.6 Å². The minimum absolute atomic E-state index is 0.169. The molecule has 1 aliphatic rings. The van der Waals surface area contributed by atoms with Crippen molar-refractivity contribution in [3.8, 4) is 11.4 Å². The van der Waals surface area contributed by atoms with Crippen LogP contribution in [0.4, 0.5) is 23.2 Å². The topological polar surface area (TPSA) is 139 Å². The van der Waals surface area contributed by atoms with Crippen molar-refractivity contribution in [1.29, 1.82) is 0 Å². The SMILES string of the molecule is CC(C)C(NC(=O)Cn1c(-c2ccc(F)cc2)ncc(NS(=O)(=O)NC2CCCCC2)c1=O)C(=O)C(F)(F)F. The number of Topliss-reactive ketones (excluding diaryl/α,β-unsaturated/α-hetero) is 1. The van der Waals surface area contributed by atoms with Crippen LogP contribution in [0.3, 0.4) is 0 Å². The number of halogens is 4. The van der Waals surface area contributed by atoms with Crippen molar-refractivity contribution >= 4 is 27.6 Å². The molecule has 3 N–H and O–H groups in total. The van der Waals surface area contributed by atoms with Gasteiger partial charge in [-0.25, -0.2) is 9.37 Å². The molecular weight excluding hydrogens is 546 g/mol. The van der Waals surface area contributed by atoms with Gasteiger partial charge in [-0.2, -0.15) is 26.3 Å². The van der Waals surface area contributed by atoms with E-state index in [0.717, 1.165) is 42.2 Å². The molecule has 0 spiro atoms. The molecule has 1 aromatic carbocycles. The van der Waals surface area contributed by atoms with E-state index >= 15 is 0 Å². The van der Waals surface area contributed by atoms with Gasteiger partial charge in [0.25, 0.3) is 21.6 Å². The zero-order valence-corrected chi connectivity index (χ0v) is 22.0. The molecule has 1 heterocycles. The maximum Gasteiger partial charge on any atom is 0.452 e. The number of rotatable bonds is 10. The van der Waals surface area contributed by atoms with Gasteiger partial charge in [-0.3, -0.25) is 23.7 Å². The molecule has 3 rings (SSSR count). The van der Waals surface area contributed by atoms with E-state index in [1.165, 1.54) is 26.0 Å². The highest BCUT2D eigenvalue weighted by Crippen LogP contribution is 2.22. The summed E-state index contributed by atoms with van der Waals surface area (Å²) in [5.41, 5.74) is -1.39. The summed E-state index contributed by atoms with van der Waals surface area (Å²) >= 11 is 0. The average Bonchev–Trinajstić information content (AvgIpc) is 2.85. The summed E-state index contributed by atoms with van der Waals surface area (Å²) in [4.78, 5) is 42.0. The minimum atomic E-state index is -5.20. The predicted octanol–water partition coefficient (Wildman–Crippen LogP) is 2.90. The number of aromatic nitrogens is 2. The highest BCUT2D eigenvalue weighted by molar-refractivity contribution is 7.90. The van der Waals surface area contributed by atoms with Crippen molar-refractivity contribution in [3.63, 3.8) is 0 Å². The summed E-state index contributed by atoms with van der Waals surface area (Å²) < 4.78 is 83.2. The van der Waals surface area contributed by atoms with Crippen LogP contribution in [0.25, 0.3) is 11.4 Å². The quantitative estimate of drug-likeness (QED) is 0.373. The Hall–Kier alpha value is -3.33. The van der Waals surface area contributed by atoms with E-state index in [-0.39, 0.29) is 17.4 Å². The average molecular weight is 576 g/mol. The molecule has 0 bridgehead atoms. The molecular formula is C24H29F4N5O5S. The lowest BCUT2D eigenvalue weighted by molar-refractivity contribution is -0.174. The summed E-state index contributed by atoms with van der Waals surface area (Å²) in [5.74, 6) is -5.00. The number of amides is 1. The fourth-order valence-electron chi connectivity index (χ4n) is 4.23. The first-order chi connectivity index (χ1) is 18.2. The van der Waals surface area contributed by atoms with E-state index in [1.54, 1.807) is 0 Å². The molecule has 39 heavy (non-hydrogen) atoms. The summed E-state index contributed by atoms with van der Waals surface area (Å²) in [7, 11) is -4.22. The largest absolute Gasteiger partial charge is 0.452 e. The standard InChI is InChI=1S/C24H29F4N5O5S/c1-14(2)20(21(35)24(26,27)28)30-19(34)13-33-22(15-8-10-16(25)11-9-15)29-12-18(23(33)36)32-39(37,38)31-17-6-4-3-5-7-17/h8-12,14,17,20,31-32H,3-7,13H2,1-2H3,(H,30,34). The van der Waals surface area contributed by atoms with Crippen LogP contribution in [-0.4, -0.2) is 47.9 Å². The molecule has 0 aliphatic heterocycles. The zero-order valence-electron chi connectivity index (χ0n) is 21.2. The molecule has 0 saturated heterocycles. The van der Waals surface area contributed by atoms with Crippen LogP contribution in [0, 0.1) is 11.7 Å². The monoisotopic (exact) mass is 575 g/mol. The third kappa shape index (κ3) is 8.08. The highest BCUT2D eigenvalue weighted by atomic mass is 32.2. The highest BCUT2D eigenvalue weighted by Gasteiger charge is 2.45. The van der Waals surface area contributed by atoms with Gasteiger partial charge in [0.15, 0.2) is 0 Å². The van der Waals surface area contributed by atoms with Crippen LogP contribution >= 0.6 is 0 Å². The van der Waals surface area contributed by atoms with Gasteiger partial charge in [0.1, 0.15) is 23.9 Å². The van der Waals surface area contributed by atoms with Crippen molar-refractivity contribution in [1.82, 2.24) is 19.6 Å². The van der Waals surface area contributed by atoms with Gasteiger partial charge < -0.3 is 5.32 Å². The fourth-order valence-corrected chi connectivity index (χ4v) is 5.39. The second kappa shape index (κ2) is 12.2. The van der Waals surface area contributed by atoms with Crippen LogP contribution < -0.4 is 20.3 Å². The van der Waals surface area contributed by atoms with Gasteiger partial charge in [0.05, 0.1) is 12.2 Å². The molecule has 1 unspecified atom stereocenters. The Labute approximate surface area is 222 Å². The van der Waals surface area contributed by atoms with Crippen LogP contribution in [0.5, 0.6) is 0 Å². The van der Waals surface area contributed by atoms with E-state index < -0.39 is 63.6 Å². The molecule has 0 radical (unpaired) electrons. The zero-order chi connectivity index (χ0) is 29.0. The number of carbonyl (C=O) groups excluding carboxylic acids is 2. The second-order valence-electron chi connectivity index (χ2n) is 9.60. The number of nitrogens with zero attached hydrogens (tertiary/aromatic N) is 2. The molecule has 1 fully saturated rings. The molecule has 10 nitrogen and oxygen atoms in total. The van der Waals surface area contributed by atoms with E-state index in [9.17, 15) is 40.4 Å². The number of ketones is 1. The summed E-state index contributed by atoms with van der Waals surface area (Å²) in [6, 6.07) is 2.39. The Morgan fingerprint density at radius 2 is 1.72 bits per heavy atom. The first-order valence-corrected chi connectivity index (χ1v) is 13.7. The smallest absolute Gasteiger partial charge is 0.344 e. The van der Waals surface area contributed by atoms with E-state index in [2.05, 4.69) is 14.4 Å². The molecule has 1 aliphatic carbocycles. The molecule has 1 atom stereocenters. The minimum Gasteiger partial charge on any atom is -0.344 e. The summed E-state index contributed by atoms with van der Waals surface area (Å²) in [6.07, 6.45) is -0.349. The Morgan fingerprint density at radius 1 is 1.10 bits per heavy atom. The third-order valence-electron chi connectivity index (χ3n) is 6.17. The summed E-state index contributed by atoms with van der Waals surface area (Å²) in [6.45, 7) is 1.71. The number of nitrogens with one attached hydrogen (secondary N) is 3. The van der Waals surface area contributed by atoms with Crippen LogP contribution in [0.1, 0.15) is 46.0 Å². The van der Waals surface area contributed by atoms with E-state index in [0.29, 0.717) is 12.8 Å². The first-order valence-electron chi connectivity index (χ1n) is 12.2. The number of benzene rings is 1. The molecule has 1 saturated carbocycles. The number of hydrogen-bond acceptors (Lipinski definition) is 6. The fraction of sp³-hybridized carbons (Fsp3) is 0.500. The maximum atomic E-state index is 13.5. The predicted molar refractivity (Wildman–Crippen MR) is 134 cm³/mol. The van der Waals surface area contributed by atoms with Crippen LogP contribution in [-0.2, 0) is 26.3 Å². The van der Waals surface area contributed by atoms with Crippen LogP contribution in [0.2, 0.25) is 0 Å². The lowest BCUT2D eigenvalue weighted by Crippen LogP contribution is -2.51. The Bertz CT molecular complexity index is 1350. The Balaban J connectivity index is 1.95. The lowest BCUT2D eigenvalue weighted by atomic mass is 9.96. The van der Waals surface area contributed by atoms with Crippen molar-refractivity contribution in [2.75, 3.05) is 4.72 Å². The third-order valence-corrected chi connectivity index (χ3v) is 7.30. The van der Waals surface area contributed by atoms with Crippen molar-refractivity contribution in [2.24, 2.45) is 5.92 Å². The number of hydrogen-bond donors (Lipinski definition) is 3. The van der Waals surface area contributed by atoms with Gasteiger partial charge >= 0.3 is 6.18 Å². The molecule has 2 aromatic rings. The van der Waals surface area contributed by atoms with Gasteiger partial charge in [0.2, 0.25) is 5.91 Å². The first kappa shape index (κ1) is 30.2. The molecule has 1 amide bonds. The number of carbonyl (C=O) groups is 2. The normalized spacial score (nSPS) is 15.7. The molecule has 15 heteroatoms. The van der Waals surface area contributed by atoms with E-state index in [1.807, 2.05) is 5.32 Å².